The van der Waals surface area contributed by atoms with Crippen LogP contribution in [0.2, 0.25) is 0 Å². The fourth-order valence-electron chi connectivity index (χ4n) is 2.75. The van der Waals surface area contributed by atoms with E-state index in [-0.39, 0.29) is 5.91 Å². The second-order valence-corrected chi connectivity index (χ2v) is 6.31. The van der Waals surface area contributed by atoms with Crippen molar-refractivity contribution in [1.29, 1.82) is 0 Å². The monoisotopic (exact) mass is 382 g/mol. The molecule has 1 heterocycles. The molecule has 0 aliphatic carbocycles. The van der Waals surface area contributed by atoms with Crippen LogP contribution >= 0.6 is 0 Å². The van der Waals surface area contributed by atoms with Crippen LogP contribution in [0, 0.1) is 0 Å². The first-order valence-electron chi connectivity index (χ1n) is 9.47. The number of fused-ring (bicyclic) bond motifs is 1. The fourth-order valence-corrected chi connectivity index (χ4v) is 2.75. The number of amides is 1. The van der Waals surface area contributed by atoms with Crippen molar-refractivity contribution in [3.8, 4) is 11.5 Å². The molecule has 0 spiro atoms. The van der Waals surface area contributed by atoms with E-state index in [9.17, 15) is 4.79 Å². The highest BCUT2D eigenvalue weighted by Gasteiger charge is 2.11. The summed E-state index contributed by atoms with van der Waals surface area (Å²) in [4.78, 5) is 16.2. The molecule has 0 radical (unpaired) electrons. The molecule has 0 bridgehead atoms. The number of carbonyl (C=O) groups excluding carboxylic acids is 1. The Balaban J connectivity index is 1.41. The number of ether oxygens (including phenoxy) is 2. The first-order valence-corrected chi connectivity index (χ1v) is 9.47. The van der Waals surface area contributed by atoms with Gasteiger partial charge in [0.1, 0.15) is 0 Å². The molecule has 0 fully saturated rings. The number of nitrogens with one attached hydrogen (secondary N) is 3. The molecule has 0 unspecified atom stereocenters. The Morgan fingerprint density at radius 1 is 1.00 bits per heavy atom. The molecule has 0 atom stereocenters. The summed E-state index contributed by atoms with van der Waals surface area (Å²) in [5, 5.41) is 9.39. The van der Waals surface area contributed by atoms with Crippen molar-refractivity contribution >= 4 is 17.6 Å². The van der Waals surface area contributed by atoms with E-state index in [0.29, 0.717) is 37.8 Å². The Bertz CT molecular complexity index is 809. The highest BCUT2D eigenvalue weighted by Crippen LogP contribution is 2.32. The summed E-state index contributed by atoms with van der Waals surface area (Å²) in [7, 11) is 1.72. The molecule has 3 N–H and O–H groups in total. The predicted molar refractivity (Wildman–Crippen MR) is 110 cm³/mol. The Hall–Kier alpha value is -3.22. The van der Waals surface area contributed by atoms with E-state index < -0.39 is 0 Å². The molecule has 0 aromatic heterocycles. The van der Waals surface area contributed by atoms with Crippen molar-refractivity contribution in [2.45, 2.75) is 12.8 Å². The summed E-state index contributed by atoms with van der Waals surface area (Å²) in [5.74, 6) is 2.10. The lowest BCUT2D eigenvalue weighted by atomic mass is 10.2. The van der Waals surface area contributed by atoms with Gasteiger partial charge in [-0.25, -0.2) is 0 Å². The smallest absolute Gasteiger partial charge is 0.251 e. The van der Waals surface area contributed by atoms with E-state index >= 15 is 0 Å². The second-order valence-electron chi connectivity index (χ2n) is 6.31. The number of rotatable bonds is 6. The molecule has 7 nitrogen and oxygen atoms in total. The maximum Gasteiger partial charge on any atom is 0.251 e. The van der Waals surface area contributed by atoms with Crippen LogP contribution in [-0.2, 0) is 0 Å². The Morgan fingerprint density at radius 3 is 2.54 bits per heavy atom. The topological polar surface area (TPSA) is 84.0 Å². The van der Waals surface area contributed by atoms with Gasteiger partial charge >= 0.3 is 0 Å². The molecule has 28 heavy (non-hydrogen) atoms. The normalized spacial score (nSPS) is 13.4. The minimum atomic E-state index is -0.0599. The van der Waals surface area contributed by atoms with Gasteiger partial charge in [0, 0.05) is 43.9 Å². The molecular formula is C21H26N4O3. The first-order chi connectivity index (χ1) is 13.8. The van der Waals surface area contributed by atoms with Gasteiger partial charge in [0.25, 0.3) is 5.91 Å². The van der Waals surface area contributed by atoms with Crippen molar-refractivity contribution in [1.82, 2.24) is 10.6 Å². The third-order valence-corrected chi connectivity index (χ3v) is 4.20. The van der Waals surface area contributed by atoms with Crippen LogP contribution in [0.15, 0.2) is 53.5 Å². The number of hydrogen-bond acceptors (Lipinski definition) is 4. The standard InChI is InChI=1S/C21H26N4O3/c1-22-21(24-12-5-11-23-20(26)16-7-3-2-4-8-16)25-17-9-10-18-19(15-17)28-14-6-13-27-18/h2-4,7-10,15H,5-6,11-14H2,1H3,(H,23,26)(H2,22,24,25). The van der Waals surface area contributed by atoms with E-state index in [1.807, 2.05) is 36.4 Å². The van der Waals surface area contributed by atoms with Gasteiger partial charge in [-0.2, -0.15) is 0 Å². The molecule has 1 aliphatic heterocycles. The van der Waals surface area contributed by atoms with Crippen molar-refractivity contribution in [3.63, 3.8) is 0 Å². The number of anilines is 1. The molecular weight excluding hydrogens is 356 g/mol. The Morgan fingerprint density at radius 2 is 1.75 bits per heavy atom. The number of aliphatic imine (C=N–C) groups is 1. The zero-order chi connectivity index (χ0) is 19.6. The van der Waals surface area contributed by atoms with Crippen molar-refractivity contribution in [3.05, 3.63) is 54.1 Å². The van der Waals surface area contributed by atoms with Crippen LogP contribution in [0.3, 0.4) is 0 Å². The molecule has 3 rings (SSSR count). The average molecular weight is 382 g/mol. The Kier molecular flexibility index (Phi) is 7.12. The van der Waals surface area contributed by atoms with Crippen molar-refractivity contribution in [2.75, 3.05) is 38.7 Å². The van der Waals surface area contributed by atoms with Gasteiger partial charge in [-0.3, -0.25) is 9.79 Å². The summed E-state index contributed by atoms with van der Waals surface area (Å²) in [6.45, 7) is 2.59. The predicted octanol–water partition coefficient (Wildman–Crippen LogP) is 2.66. The largest absolute Gasteiger partial charge is 0.490 e. The van der Waals surface area contributed by atoms with E-state index in [4.69, 9.17) is 9.47 Å². The van der Waals surface area contributed by atoms with Crippen LogP contribution < -0.4 is 25.4 Å². The average Bonchev–Trinajstić information content (AvgIpc) is 2.98. The summed E-state index contributed by atoms with van der Waals surface area (Å²) < 4.78 is 11.4. The van der Waals surface area contributed by atoms with Crippen molar-refractivity contribution < 1.29 is 14.3 Å². The van der Waals surface area contributed by atoms with E-state index in [0.717, 1.165) is 30.0 Å². The highest BCUT2D eigenvalue weighted by atomic mass is 16.5. The number of carbonyl (C=O) groups is 1. The van der Waals surface area contributed by atoms with Gasteiger partial charge in [-0.05, 0) is 30.7 Å². The van der Waals surface area contributed by atoms with E-state index in [1.54, 1.807) is 19.2 Å². The number of guanidine groups is 1. The molecule has 2 aromatic rings. The second kappa shape index (κ2) is 10.2. The highest BCUT2D eigenvalue weighted by molar-refractivity contribution is 5.94. The Labute approximate surface area is 165 Å². The third kappa shape index (κ3) is 5.64. The summed E-state index contributed by atoms with van der Waals surface area (Å²) in [5.41, 5.74) is 1.54. The van der Waals surface area contributed by atoms with Crippen LogP contribution in [0.5, 0.6) is 11.5 Å². The zero-order valence-electron chi connectivity index (χ0n) is 16.0. The molecule has 2 aromatic carbocycles. The minimum absolute atomic E-state index is 0.0599. The van der Waals surface area contributed by atoms with Gasteiger partial charge in [-0.1, -0.05) is 18.2 Å². The maximum absolute atomic E-state index is 12.0. The molecule has 148 valence electrons. The number of benzene rings is 2. The van der Waals surface area contributed by atoms with Crippen LogP contribution in [0.4, 0.5) is 5.69 Å². The van der Waals surface area contributed by atoms with Crippen LogP contribution in [0.1, 0.15) is 23.2 Å². The van der Waals surface area contributed by atoms with Gasteiger partial charge in [0.05, 0.1) is 13.2 Å². The van der Waals surface area contributed by atoms with Crippen LogP contribution in [-0.4, -0.2) is 45.2 Å². The third-order valence-electron chi connectivity index (χ3n) is 4.20. The van der Waals surface area contributed by atoms with Gasteiger partial charge < -0.3 is 25.4 Å². The van der Waals surface area contributed by atoms with Gasteiger partial charge in [-0.15, -0.1) is 0 Å². The lowest BCUT2D eigenvalue weighted by Crippen LogP contribution is -2.33. The lowest BCUT2D eigenvalue weighted by Gasteiger charge is -2.14. The summed E-state index contributed by atoms with van der Waals surface area (Å²) in [6.07, 6.45) is 1.65. The van der Waals surface area contributed by atoms with Crippen LogP contribution in [0.25, 0.3) is 0 Å². The van der Waals surface area contributed by atoms with Gasteiger partial charge in [0.2, 0.25) is 0 Å². The fraction of sp³-hybridized carbons (Fsp3) is 0.333. The minimum Gasteiger partial charge on any atom is -0.490 e. The van der Waals surface area contributed by atoms with E-state index in [1.165, 1.54) is 0 Å². The lowest BCUT2D eigenvalue weighted by molar-refractivity contribution is 0.0953. The molecule has 1 amide bonds. The quantitative estimate of drug-likeness (QED) is 0.406. The number of nitrogens with zero attached hydrogens (tertiary/aromatic N) is 1. The van der Waals surface area contributed by atoms with Crippen molar-refractivity contribution in [2.24, 2.45) is 4.99 Å². The summed E-state index contributed by atoms with van der Waals surface area (Å²) >= 11 is 0. The SMILES string of the molecule is CN=C(NCCCNC(=O)c1ccccc1)Nc1ccc2c(c1)OCCCO2. The molecule has 7 heteroatoms. The number of hydrogen-bond donors (Lipinski definition) is 3. The first kappa shape index (κ1) is 19.5. The summed E-state index contributed by atoms with van der Waals surface area (Å²) in [6, 6.07) is 14.9. The maximum atomic E-state index is 12.0. The molecule has 0 saturated carbocycles. The molecule has 1 aliphatic rings. The zero-order valence-corrected chi connectivity index (χ0v) is 16.0. The van der Waals surface area contributed by atoms with Gasteiger partial charge in [0.15, 0.2) is 17.5 Å². The molecule has 0 saturated heterocycles. The van der Waals surface area contributed by atoms with E-state index in [2.05, 4.69) is 20.9 Å².